The van der Waals surface area contributed by atoms with E-state index in [0.717, 1.165) is 11.3 Å². The lowest BCUT2D eigenvalue weighted by molar-refractivity contribution is 0.0781. The van der Waals surface area contributed by atoms with Gasteiger partial charge in [-0.25, -0.2) is 0 Å². The molecule has 0 saturated heterocycles. The van der Waals surface area contributed by atoms with E-state index in [-0.39, 0.29) is 12.5 Å². The van der Waals surface area contributed by atoms with Gasteiger partial charge in [-0.15, -0.1) is 0 Å². The first-order valence-corrected chi connectivity index (χ1v) is 10.2. The summed E-state index contributed by atoms with van der Waals surface area (Å²) >= 11 is 12.1. The first-order valence-electron chi connectivity index (χ1n) is 9.43. The molecule has 0 radical (unpaired) electrons. The zero-order valence-electron chi connectivity index (χ0n) is 17.1. The average molecular weight is 448 g/mol. The van der Waals surface area contributed by atoms with Crippen LogP contribution in [0.4, 0.5) is 0 Å². The Labute approximate surface area is 185 Å². The van der Waals surface area contributed by atoms with Crippen LogP contribution in [0.1, 0.15) is 28.5 Å². The summed E-state index contributed by atoms with van der Waals surface area (Å²) < 4.78 is 13.0. The van der Waals surface area contributed by atoms with Crippen LogP contribution in [0.3, 0.4) is 0 Å². The predicted molar refractivity (Wildman–Crippen MR) is 117 cm³/mol. The van der Waals surface area contributed by atoms with Gasteiger partial charge in [0, 0.05) is 29.7 Å². The van der Waals surface area contributed by atoms with Crippen molar-refractivity contribution in [3.8, 4) is 11.5 Å². The van der Waals surface area contributed by atoms with Gasteiger partial charge in [-0.05, 0) is 49.4 Å². The molecule has 2 aromatic carbocycles. The third-order valence-electron chi connectivity index (χ3n) is 4.67. The number of rotatable bonds is 8. The number of carbonyl (C=O) groups excluding carboxylic acids is 1. The summed E-state index contributed by atoms with van der Waals surface area (Å²) in [5, 5.41) is 5.40. The minimum atomic E-state index is -0.134. The molecule has 1 heterocycles. The van der Waals surface area contributed by atoms with Gasteiger partial charge in [0.1, 0.15) is 18.1 Å². The van der Waals surface area contributed by atoms with Crippen LogP contribution in [0, 0.1) is 0 Å². The van der Waals surface area contributed by atoms with E-state index in [1.165, 1.54) is 0 Å². The van der Waals surface area contributed by atoms with Crippen molar-refractivity contribution in [1.29, 1.82) is 0 Å². The monoisotopic (exact) mass is 447 g/mol. The molecule has 158 valence electrons. The molecular weight excluding hydrogens is 425 g/mol. The molecule has 1 aromatic heterocycles. The number of aryl methyl sites for hydroxylation is 1. The third kappa shape index (κ3) is 5.07. The van der Waals surface area contributed by atoms with Gasteiger partial charge >= 0.3 is 0 Å². The van der Waals surface area contributed by atoms with Gasteiger partial charge < -0.3 is 14.4 Å². The first-order chi connectivity index (χ1) is 14.4. The maximum absolute atomic E-state index is 13.0. The van der Waals surface area contributed by atoms with Gasteiger partial charge in [-0.1, -0.05) is 23.2 Å². The van der Waals surface area contributed by atoms with Crippen molar-refractivity contribution in [2.75, 3.05) is 14.2 Å². The van der Waals surface area contributed by atoms with Gasteiger partial charge in [0.15, 0.2) is 0 Å². The fraction of sp³-hybridized carbons (Fsp3) is 0.273. The van der Waals surface area contributed by atoms with Crippen molar-refractivity contribution in [2.24, 2.45) is 0 Å². The SMILES string of the molecule is CCn1ncc(Cl)c1CN(C)C(=O)c1ccc(OC)c(COc2ccc(Cl)cc2)c1. The lowest BCUT2D eigenvalue weighted by atomic mass is 10.1. The second-order valence-corrected chi connectivity index (χ2v) is 7.53. The van der Waals surface area contributed by atoms with E-state index >= 15 is 0 Å². The van der Waals surface area contributed by atoms with Crippen molar-refractivity contribution in [3.05, 3.63) is 75.5 Å². The Morgan fingerprint density at radius 3 is 2.57 bits per heavy atom. The number of methoxy groups -OCH3 is 1. The maximum atomic E-state index is 13.0. The van der Waals surface area contributed by atoms with E-state index < -0.39 is 0 Å². The number of halogens is 2. The minimum Gasteiger partial charge on any atom is -0.496 e. The van der Waals surface area contributed by atoms with E-state index in [1.807, 2.05) is 6.92 Å². The fourth-order valence-corrected chi connectivity index (χ4v) is 3.38. The normalized spacial score (nSPS) is 10.7. The lowest BCUT2D eigenvalue weighted by Crippen LogP contribution is -2.27. The number of aromatic nitrogens is 2. The molecule has 6 nitrogen and oxygen atoms in total. The number of benzene rings is 2. The van der Waals surface area contributed by atoms with E-state index in [9.17, 15) is 4.79 Å². The highest BCUT2D eigenvalue weighted by molar-refractivity contribution is 6.31. The van der Waals surface area contributed by atoms with Crippen LogP contribution in [0.25, 0.3) is 0 Å². The Morgan fingerprint density at radius 1 is 1.17 bits per heavy atom. The molecule has 8 heteroatoms. The van der Waals surface area contributed by atoms with Gasteiger partial charge in [0.05, 0.1) is 30.6 Å². The summed E-state index contributed by atoms with van der Waals surface area (Å²) in [6.07, 6.45) is 1.60. The molecule has 0 aliphatic carbocycles. The van der Waals surface area contributed by atoms with Crippen LogP contribution in [0.5, 0.6) is 11.5 Å². The number of amides is 1. The van der Waals surface area contributed by atoms with E-state index in [0.29, 0.717) is 40.2 Å². The molecule has 30 heavy (non-hydrogen) atoms. The summed E-state index contributed by atoms with van der Waals surface area (Å²) in [7, 11) is 3.32. The van der Waals surface area contributed by atoms with Gasteiger partial charge in [-0.2, -0.15) is 5.10 Å². The highest BCUT2D eigenvalue weighted by atomic mass is 35.5. The van der Waals surface area contributed by atoms with Crippen molar-refractivity contribution in [2.45, 2.75) is 26.6 Å². The second kappa shape index (κ2) is 9.87. The predicted octanol–water partition coefficient (Wildman–Crippen LogP) is 5.07. The van der Waals surface area contributed by atoms with Crippen molar-refractivity contribution < 1.29 is 14.3 Å². The number of hydrogen-bond donors (Lipinski definition) is 0. The van der Waals surface area contributed by atoms with Crippen LogP contribution in [0.2, 0.25) is 10.0 Å². The second-order valence-electron chi connectivity index (χ2n) is 6.69. The Morgan fingerprint density at radius 2 is 1.90 bits per heavy atom. The highest BCUT2D eigenvalue weighted by Gasteiger charge is 2.18. The Balaban J connectivity index is 1.76. The molecule has 0 aliphatic rings. The Bertz CT molecular complexity index is 1020. The third-order valence-corrected chi connectivity index (χ3v) is 5.23. The minimum absolute atomic E-state index is 0.134. The molecule has 3 rings (SSSR count). The average Bonchev–Trinajstić information content (AvgIpc) is 3.11. The summed E-state index contributed by atoms with van der Waals surface area (Å²) in [5.74, 6) is 1.19. The molecule has 0 N–H and O–H groups in total. The van der Waals surface area contributed by atoms with E-state index in [2.05, 4.69) is 5.10 Å². The molecule has 3 aromatic rings. The Hall–Kier alpha value is -2.70. The number of hydrogen-bond acceptors (Lipinski definition) is 4. The molecule has 0 atom stereocenters. The summed E-state index contributed by atoms with van der Waals surface area (Å²) in [6, 6.07) is 12.4. The first kappa shape index (κ1) is 22.0. The van der Waals surface area contributed by atoms with Crippen molar-refractivity contribution in [1.82, 2.24) is 14.7 Å². The van der Waals surface area contributed by atoms with E-state index in [4.69, 9.17) is 32.7 Å². The summed E-state index contributed by atoms with van der Waals surface area (Å²) in [4.78, 5) is 14.6. The summed E-state index contributed by atoms with van der Waals surface area (Å²) in [5.41, 5.74) is 2.10. The quantitative estimate of drug-likeness (QED) is 0.483. The van der Waals surface area contributed by atoms with Crippen LogP contribution >= 0.6 is 23.2 Å². The zero-order chi connectivity index (χ0) is 21.7. The van der Waals surface area contributed by atoms with Crippen LogP contribution in [-0.4, -0.2) is 34.7 Å². The van der Waals surface area contributed by atoms with E-state index in [1.54, 1.807) is 72.4 Å². The zero-order valence-corrected chi connectivity index (χ0v) is 18.6. The van der Waals surface area contributed by atoms with Gasteiger partial charge in [-0.3, -0.25) is 9.48 Å². The molecule has 0 saturated carbocycles. The molecule has 0 bridgehead atoms. The van der Waals surface area contributed by atoms with Crippen LogP contribution < -0.4 is 9.47 Å². The molecule has 0 aliphatic heterocycles. The van der Waals surface area contributed by atoms with Crippen LogP contribution in [-0.2, 0) is 19.7 Å². The smallest absolute Gasteiger partial charge is 0.253 e. The maximum Gasteiger partial charge on any atom is 0.253 e. The molecule has 0 spiro atoms. The van der Waals surface area contributed by atoms with Gasteiger partial charge in [0.2, 0.25) is 0 Å². The number of ether oxygens (including phenoxy) is 2. The number of nitrogens with zero attached hydrogens (tertiary/aromatic N) is 3. The number of carbonyl (C=O) groups is 1. The van der Waals surface area contributed by atoms with Crippen molar-refractivity contribution in [3.63, 3.8) is 0 Å². The highest BCUT2D eigenvalue weighted by Crippen LogP contribution is 2.24. The van der Waals surface area contributed by atoms with Gasteiger partial charge in [0.25, 0.3) is 5.91 Å². The molecule has 0 fully saturated rings. The van der Waals surface area contributed by atoms with Crippen LogP contribution in [0.15, 0.2) is 48.7 Å². The molecule has 1 amide bonds. The standard InChI is InChI=1S/C22H23Cl2N3O3/c1-4-27-20(19(24)12-25-27)13-26(2)22(28)15-5-10-21(29-3)16(11-15)14-30-18-8-6-17(23)7-9-18/h5-12H,4,13-14H2,1-3H3. The lowest BCUT2D eigenvalue weighted by Gasteiger charge is -2.19. The summed E-state index contributed by atoms with van der Waals surface area (Å²) in [6.45, 7) is 3.27. The Kier molecular flexibility index (Phi) is 7.24. The molecular formula is C22H23Cl2N3O3. The molecule has 0 unspecified atom stereocenters. The topological polar surface area (TPSA) is 56.6 Å². The largest absolute Gasteiger partial charge is 0.496 e. The fourth-order valence-electron chi connectivity index (χ4n) is 3.05. The van der Waals surface area contributed by atoms with Crippen molar-refractivity contribution >= 4 is 29.1 Å².